The van der Waals surface area contributed by atoms with Crippen molar-refractivity contribution < 1.29 is 3.74 Å². The van der Waals surface area contributed by atoms with Gasteiger partial charge in [-0.15, -0.1) is 0 Å². The van der Waals surface area contributed by atoms with Crippen LogP contribution in [-0.2, 0) is 3.74 Å². The third kappa shape index (κ3) is 1.99. The molecule has 0 atom stereocenters. The van der Waals surface area contributed by atoms with Crippen LogP contribution in [0.25, 0.3) is 11.1 Å². The van der Waals surface area contributed by atoms with E-state index in [0.717, 1.165) is 4.35 Å². The molecule has 0 saturated carbocycles. The van der Waals surface area contributed by atoms with Gasteiger partial charge in [0.25, 0.3) is 0 Å². The molecule has 0 spiro atoms. The molecule has 2 aromatic carbocycles. The van der Waals surface area contributed by atoms with Gasteiger partial charge in [0, 0.05) is 0 Å². The van der Waals surface area contributed by atoms with Gasteiger partial charge in [0.05, 0.1) is 0 Å². The van der Waals surface area contributed by atoms with Crippen LogP contribution in [0.4, 0.5) is 0 Å². The zero-order valence-electron chi connectivity index (χ0n) is 7.55. The monoisotopic (exact) mass is 244 g/mol. The van der Waals surface area contributed by atoms with Crippen molar-refractivity contribution in [2.75, 3.05) is 0 Å². The fraction of sp³-hybridized carbons (Fsp3) is 0. The van der Waals surface area contributed by atoms with Gasteiger partial charge in [-0.2, -0.15) is 0 Å². The molecule has 0 unspecified atom stereocenters. The van der Waals surface area contributed by atoms with Crippen molar-refractivity contribution in [3.05, 3.63) is 54.6 Å². The summed E-state index contributed by atoms with van der Waals surface area (Å²) in [6.45, 7) is 0. The van der Waals surface area contributed by atoms with Crippen LogP contribution in [0.1, 0.15) is 0 Å². The molecule has 0 bridgehead atoms. The molecule has 0 fully saturated rings. The number of rotatable bonds is 2. The zero-order valence-corrected chi connectivity index (χ0v) is 9.43. The Balaban J connectivity index is 2.39. The van der Waals surface area contributed by atoms with Crippen molar-refractivity contribution in [1.82, 2.24) is 0 Å². The van der Waals surface area contributed by atoms with E-state index in [0.29, 0.717) is 0 Å². The molecular weight excluding hydrogens is 235 g/mol. The van der Waals surface area contributed by atoms with Crippen LogP contribution in [0.15, 0.2) is 54.6 Å². The van der Waals surface area contributed by atoms with Crippen LogP contribution >= 0.6 is 0 Å². The summed E-state index contributed by atoms with van der Waals surface area (Å²) in [5.74, 6) is 0. The molecule has 14 heavy (non-hydrogen) atoms. The molecule has 0 radical (unpaired) electrons. The first kappa shape index (κ1) is 9.36. The van der Waals surface area contributed by atoms with Gasteiger partial charge < -0.3 is 0 Å². The average Bonchev–Trinajstić information content (AvgIpc) is 2.30. The molecule has 2 heteroatoms. The fourth-order valence-corrected chi connectivity index (χ4v) is 1.91. The van der Waals surface area contributed by atoms with E-state index in [1.54, 1.807) is 0 Å². The molecule has 2 aromatic rings. The first-order chi connectivity index (χ1) is 6.90. The van der Waals surface area contributed by atoms with Crippen LogP contribution in [0.3, 0.4) is 0 Å². The number of hydrogen-bond donors (Lipinski definition) is 0. The van der Waals surface area contributed by atoms with E-state index in [4.69, 9.17) is 0 Å². The van der Waals surface area contributed by atoms with Crippen molar-refractivity contribution in [2.24, 2.45) is 0 Å². The molecule has 0 saturated heterocycles. The van der Waals surface area contributed by atoms with Crippen molar-refractivity contribution in [3.63, 3.8) is 0 Å². The summed E-state index contributed by atoms with van der Waals surface area (Å²) in [4.78, 5) is 0. The van der Waals surface area contributed by atoms with Gasteiger partial charge in [0.2, 0.25) is 0 Å². The molecule has 0 aliphatic heterocycles. The number of hydrogen-bond acceptors (Lipinski definition) is 1. The zero-order chi connectivity index (χ0) is 9.80. The van der Waals surface area contributed by atoms with E-state index in [9.17, 15) is 3.74 Å². The molecule has 1 nitrogen and oxygen atoms in total. The van der Waals surface area contributed by atoms with Gasteiger partial charge in [0.15, 0.2) is 0 Å². The Hall–Kier alpha value is -1.20. The third-order valence-electron chi connectivity index (χ3n) is 2.08. The van der Waals surface area contributed by atoms with Gasteiger partial charge >= 0.3 is 89.5 Å². The topological polar surface area (TPSA) is 17.1 Å². The maximum atomic E-state index is 10.7. The van der Waals surface area contributed by atoms with E-state index >= 15 is 0 Å². The molecular formula is C12H9AsO. The Bertz CT molecular complexity index is 420. The van der Waals surface area contributed by atoms with E-state index in [1.807, 2.05) is 42.5 Å². The Labute approximate surface area is 89.7 Å². The Morgan fingerprint density at radius 1 is 0.714 bits per heavy atom. The Kier molecular flexibility index (Phi) is 2.90. The van der Waals surface area contributed by atoms with Crippen molar-refractivity contribution >= 4 is 20.0 Å². The van der Waals surface area contributed by atoms with E-state index in [-0.39, 0.29) is 0 Å². The molecule has 0 heterocycles. The summed E-state index contributed by atoms with van der Waals surface area (Å²) >= 11 is -0.894. The summed E-state index contributed by atoms with van der Waals surface area (Å²) < 4.78 is 11.6. The van der Waals surface area contributed by atoms with Crippen LogP contribution < -0.4 is 4.35 Å². The minimum atomic E-state index is -0.894. The summed E-state index contributed by atoms with van der Waals surface area (Å²) in [6.07, 6.45) is 0. The Morgan fingerprint density at radius 2 is 1.29 bits per heavy atom. The van der Waals surface area contributed by atoms with Gasteiger partial charge in [0.1, 0.15) is 0 Å². The van der Waals surface area contributed by atoms with Crippen LogP contribution in [0, 0.1) is 0 Å². The first-order valence-electron chi connectivity index (χ1n) is 4.39. The summed E-state index contributed by atoms with van der Waals surface area (Å²) in [5.41, 5.74) is 2.37. The fourth-order valence-electron chi connectivity index (χ4n) is 1.35. The third-order valence-corrected chi connectivity index (χ3v) is 3.15. The Morgan fingerprint density at radius 3 is 1.86 bits per heavy atom. The van der Waals surface area contributed by atoms with E-state index in [2.05, 4.69) is 12.1 Å². The maximum absolute atomic E-state index is 10.7. The van der Waals surface area contributed by atoms with Gasteiger partial charge in [-0.05, 0) is 0 Å². The summed E-state index contributed by atoms with van der Waals surface area (Å²) in [5, 5.41) is 0. The molecule has 0 aromatic heterocycles. The second-order valence-corrected chi connectivity index (χ2v) is 4.47. The van der Waals surface area contributed by atoms with Crippen molar-refractivity contribution in [1.29, 1.82) is 0 Å². The van der Waals surface area contributed by atoms with Gasteiger partial charge in [-0.1, -0.05) is 0 Å². The summed E-state index contributed by atoms with van der Waals surface area (Å²) in [6, 6.07) is 18.0. The van der Waals surface area contributed by atoms with Crippen molar-refractivity contribution in [3.8, 4) is 11.1 Å². The predicted molar refractivity (Wildman–Crippen MR) is 58.0 cm³/mol. The predicted octanol–water partition coefficient (Wildman–Crippen LogP) is 2.03. The van der Waals surface area contributed by atoms with E-state index < -0.39 is 15.7 Å². The molecule has 0 aliphatic carbocycles. The average molecular weight is 244 g/mol. The minimum absolute atomic E-state index is 0.894. The first-order valence-corrected chi connectivity index (χ1v) is 6.09. The van der Waals surface area contributed by atoms with Crippen LogP contribution in [0.2, 0.25) is 0 Å². The van der Waals surface area contributed by atoms with Crippen molar-refractivity contribution in [2.45, 2.75) is 0 Å². The molecule has 68 valence electrons. The quantitative estimate of drug-likeness (QED) is 0.739. The molecule has 2 rings (SSSR count). The molecule has 0 N–H and O–H groups in total. The molecule has 0 aliphatic rings. The normalized spacial score (nSPS) is 10.3. The summed E-state index contributed by atoms with van der Waals surface area (Å²) in [7, 11) is 0. The second kappa shape index (κ2) is 4.34. The molecule has 0 amide bonds. The standard InChI is InChI=1S/C12H9AsO/c14-13-12-8-6-11(7-9-12)10-4-2-1-3-5-10/h1-9H. The SMILES string of the molecule is O=[As]c1ccc(-c2ccccc2)cc1. The number of benzene rings is 2. The van der Waals surface area contributed by atoms with Gasteiger partial charge in [-0.25, -0.2) is 0 Å². The van der Waals surface area contributed by atoms with E-state index in [1.165, 1.54) is 11.1 Å². The van der Waals surface area contributed by atoms with Crippen LogP contribution in [-0.4, -0.2) is 15.7 Å². The van der Waals surface area contributed by atoms with Crippen LogP contribution in [0.5, 0.6) is 0 Å². The second-order valence-electron chi connectivity index (χ2n) is 3.00. The van der Waals surface area contributed by atoms with Gasteiger partial charge in [-0.3, -0.25) is 0 Å².